The molecule has 5 heteroatoms. The van der Waals surface area contributed by atoms with Crippen LogP contribution in [0.5, 0.6) is 0 Å². The molecule has 1 fully saturated rings. The zero-order valence-electron chi connectivity index (χ0n) is 11.5. The van der Waals surface area contributed by atoms with Crippen molar-refractivity contribution >= 4 is 17.7 Å². The topological polar surface area (TPSA) is 74.7 Å². The summed E-state index contributed by atoms with van der Waals surface area (Å²) in [7, 11) is 0. The number of rotatable bonds is 3. The van der Waals surface area contributed by atoms with E-state index in [1.165, 1.54) is 6.92 Å². The van der Waals surface area contributed by atoms with Crippen molar-refractivity contribution in [2.24, 2.45) is 5.41 Å². The van der Waals surface area contributed by atoms with Crippen LogP contribution >= 0.6 is 0 Å². The van der Waals surface area contributed by atoms with Crippen LogP contribution in [0.1, 0.15) is 41.0 Å². The first-order valence-electron chi connectivity index (χ1n) is 6.47. The monoisotopic (exact) mass is 275 g/mol. The molecule has 1 aromatic carbocycles. The van der Waals surface area contributed by atoms with E-state index >= 15 is 0 Å². The average Bonchev–Trinajstić information content (AvgIpc) is 2.82. The van der Waals surface area contributed by atoms with Gasteiger partial charge in [0.05, 0.1) is 5.41 Å². The number of benzene rings is 1. The van der Waals surface area contributed by atoms with Gasteiger partial charge in [-0.25, -0.2) is 0 Å². The highest BCUT2D eigenvalue weighted by Crippen LogP contribution is 2.31. The van der Waals surface area contributed by atoms with E-state index in [1.807, 2.05) is 0 Å². The van der Waals surface area contributed by atoms with Gasteiger partial charge in [-0.15, -0.1) is 0 Å². The fraction of sp³-hybridized carbons (Fsp3) is 0.400. The Hall–Kier alpha value is -2.17. The molecule has 1 unspecified atom stereocenters. The maximum Gasteiger partial charge on any atom is 0.311 e. The number of amides is 1. The zero-order valence-corrected chi connectivity index (χ0v) is 11.5. The van der Waals surface area contributed by atoms with Crippen molar-refractivity contribution < 1.29 is 19.5 Å². The first kappa shape index (κ1) is 14.2. The maximum absolute atomic E-state index is 12.3. The standard InChI is InChI=1S/C15H17NO4/c1-10(17)11-3-5-12(6-4-11)13(18)16-8-7-15(2,9-16)14(19)20/h3-6H,7-9H2,1-2H3,(H,19,20). The van der Waals surface area contributed by atoms with E-state index in [1.54, 1.807) is 36.1 Å². The van der Waals surface area contributed by atoms with Gasteiger partial charge in [-0.1, -0.05) is 12.1 Å². The Morgan fingerprint density at radius 1 is 1.15 bits per heavy atom. The third kappa shape index (κ3) is 2.57. The summed E-state index contributed by atoms with van der Waals surface area (Å²) in [6.45, 7) is 3.78. The fourth-order valence-electron chi connectivity index (χ4n) is 2.34. The smallest absolute Gasteiger partial charge is 0.311 e. The van der Waals surface area contributed by atoms with Crippen LogP contribution in [0.2, 0.25) is 0 Å². The number of ketones is 1. The highest BCUT2D eigenvalue weighted by molar-refractivity contribution is 5.98. The van der Waals surface area contributed by atoms with Crippen LogP contribution in [0.15, 0.2) is 24.3 Å². The first-order valence-corrected chi connectivity index (χ1v) is 6.47. The van der Waals surface area contributed by atoms with Crippen LogP contribution < -0.4 is 0 Å². The number of hydrogen-bond donors (Lipinski definition) is 1. The lowest BCUT2D eigenvalue weighted by Gasteiger charge is -2.20. The van der Waals surface area contributed by atoms with Crippen molar-refractivity contribution in [1.82, 2.24) is 4.90 Å². The van der Waals surface area contributed by atoms with Crippen molar-refractivity contribution in [3.05, 3.63) is 35.4 Å². The molecule has 0 bridgehead atoms. The summed E-state index contributed by atoms with van der Waals surface area (Å²) in [4.78, 5) is 36.2. The van der Waals surface area contributed by atoms with Gasteiger partial charge in [-0.2, -0.15) is 0 Å². The number of Topliss-reactive ketones (excluding diaryl/α,β-unsaturated/α-hetero) is 1. The van der Waals surface area contributed by atoms with Crippen molar-refractivity contribution in [3.8, 4) is 0 Å². The van der Waals surface area contributed by atoms with E-state index in [9.17, 15) is 14.4 Å². The van der Waals surface area contributed by atoms with Gasteiger partial charge in [0.2, 0.25) is 0 Å². The lowest BCUT2D eigenvalue weighted by Crippen LogP contribution is -2.34. The highest BCUT2D eigenvalue weighted by atomic mass is 16.4. The van der Waals surface area contributed by atoms with Crippen molar-refractivity contribution in [1.29, 1.82) is 0 Å². The Labute approximate surface area is 117 Å². The van der Waals surface area contributed by atoms with E-state index in [0.29, 0.717) is 24.1 Å². The van der Waals surface area contributed by atoms with Gasteiger partial charge in [0, 0.05) is 24.2 Å². The number of hydrogen-bond acceptors (Lipinski definition) is 3. The van der Waals surface area contributed by atoms with Crippen molar-refractivity contribution in [2.45, 2.75) is 20.3 Å². The largest absolute Gasteiger partial charge is 0.481 e. The molecule has 1 N–H and O–H groups in total. The van der Waals surface area contributed by atoms with Crippen LogP contribution in [-0.2, 0) is 4.79 Å². The molecule has 0 spiro atoms. The predicted octanol–water partition coefficient (Wildman–Crippen LogP) is 1.83. The third-order valence-electron chi connectivity index (χ3n) is 3.82. The molecule has 1 atom stereocenters. The van der Waals surface area contributed by atoms with E-state index in [-0.39, 0.29) is 18.2 Å². The number of likely N-dealkylation sites (tertiary alicyclic amines) is 1. The number of carboxylic acid groups (broad SMARTS) is 1. The molecule has 0 radical (unpaired) electrons. The molecule has 5 nitrogen and oxygen atoms in total. The summed E-state index contributed by atoms with van der Waals surface area (Å²) in [6.07, 6.45) is 0.458. The lowest BCUT2D eigenvalue weighted by atomic mass is 9.90. The van der Waals surface area contributed by atoms with E-state index in [2.05, 4.69) is 0 Å². The first-order chi connectivity index (χ1) is 9.33. The summed E-state index contributed by atoms with van der Waals surface area (Å²) in [6, 6.07) is 6.44. The number of carbonyl (C=O) groups excluding carboxylic acids is 2. The second-order valence-corrected chi connectivity index (χ2v) is 5.48. The maximum atomic E-state index is 12.3. The van der Waals surface area contributed by atoms with Crippen LogP contribution in [0.25, 0.3) is 0 Å². The second kappa shape index (κ2) is 5.07. The Morgan fingerprint density at radius 2 is 1.70 bits per heavy atom. The van der Waals surface area contributed by atoms with Gasteiger partial charge in [-0.05, 0) is 32.4 Å². The number of carboxylic acids is 1. The van der Waals surface area contributed by atoms with Crippen LogP contribution in [0.3, 0.4) is 0 Å². The number of nitrogens with zero attached hydrogens (tertiary/aromatic N) is 1. The predicted molar refractivity (Wildman–Crippen MR) is 72.7 cm³/mol. The minimum atomic E-state index is -0.875. The van der Waals surface area contributed by atoms with Gasteiger partial charge in [-0.3, -0.25) is 14.4 Å². The molecule has 1 amide bonds. The molecular formula is C15H17NO4. The Kier molecular flexibility index (Phi) is 3.61. The fourth-order valence-corrected chi connectivity index (χ4v) is 2.34. The van der Waals surface area contributed by atoms with Gasteiger partial charge < -0.3 is 10.0 Å². The molecule has 1 aliphatic heterocycles. The number of carbonyl (C=O) groups is 3. The highest BCUT2D eigenvalue weighted by Gasteiger charge is 2.42. The Bertz CT molecular complexity index is 564. The molecular weight excluding hydrogens is 258 g/mol. The molecule has 0 saturated carbocycles. The minimum absolute atomic E-state index is 0.0522. The van der Waals surface area contributed by atoms with Crippen molar-refractivity contribution in [3.63, 3.8) is 0 Å². The average molecular weight is 275 g/mol. The van der Waals surface area contributed by atoms with Gasteiger partial charge in [0.25, 0.3) is 5.91 Å². The summed E-state index contributed by atoms with van der Waals surface area (Å²) >= 11 is 0. The van der Waals surface area contributed by atoms with Crippen LogP contribution in [0.4, 0.5) is 0 Å². The summed E-state index contributed by atoms with van der Waals surface area (Å²) in [5.41, 5.74) is 0.164. The molecule has 0 aromatic heterocycles. The zero-order chi connectivity index (χ0) is 14.9. The van der Waals surface area contributed by atoms with Gasteiger partial charge in [0.1, 0.15) is 0 Å². The van der Waals surface area contributed by atoms with E-state index in [4.69, 9.17) is 5.11 Å². The quantitative estimate of drug-likeness (QED) is 0.854. The van der Waals surface area contributed by atoms with Crippen LogP contribution in [-0.4, -0.2) is 40.8 Å². The van der Waals surface area contributed by atoms with Gasteiger partial charge in [0.15, 0.2) is 5.78 Å². The third-order valence-corrected chi connectivity index (χ3v) is 3.82. The molecule has 20 heavy (non-hydrogen) atoms. The molecule has 2 rings (SSSR count). The molecule has 1 heterocycles. The molecule has 1 saturated heterocycles. The Balaban J connectivity index is 2.13. The lowest BCUT2D eigenvalue weighted by molar-refractivity contribution is -0.147. The summed E-state index contributed by atoms with van der Waals surface area (Å²) in [5.74, 6) is -1.12. The van der Waals surface area contributed by atoms with Crippen molar-refractivity contribution in [2.75, 3.05) is 13.1 Å². The van der Waals surface area contributed by atoms with Crippen LogP contribution in [0, 0.1) is 5.41 Å². The minimum Gasteiger partial charge on any atom is -0.481 e. The normalized spacial score (nSPS) is 21.8. The summed E-state index contributed by atoms with van der Waals surface area (Å²) in [5, 5.41) is 9.16. The Morgan fingerprint density at radius 3 is 2.15 bits per heavy atom. The second-order valence-electron chi connectivity index (χ2n) is 5.48. The molecule has 0 aliphatic carbocycles. The molecule has 1 aromatic rings. The van der Waals surface area contributed by atoms with Gasteiger partial charge >= 0.3 is 5.97 Å². The van der Waals surface area contributed by atoms with E-state index < -0.39 is 11.4 Å². The summed E-state index contributed by atoms with van der Waals surface area (Å²) < 4.78 is 0. The molecule has 106 valence electrons. The van der Waals surface area contributed by atoms with E-state index in [0.717, 1.165) is 0 Å². The number of aliphatic carboxylic acids is 1. The SMILES string of the molecule is CC(=O)c1ccc(C(=O)N2CCC(C)(C(=O)O)C2)cc1. The molecule has 1 aliphatic rings.